The second-order valence-corrected chi connectivity index (χ2v) is 5.14. The van der Waals surface area contributed by atoms with Crippen LogP contribution in [0.15, 0.2) is 0 Å². The third-order valence-corrected chi connectivity index (χ3v) is 4.26. The first-order chi connectivity index (χ1) is 8.39. The first-order valence-corrected chi connectivity index (χ1v) is 6.46. The van der Waals surface area contributed by atoms with Crippen molar-refractivity contribution in [2.75, 3.05) is 7.11 Å². The fourth-order valence-electron chi connectivity index (χ4n) is 2.08. The maximum Gasteiger partial charge on any atom is 0.0847 e. The molecule has 2 atom stereocenters. The third kappa shape index (κ3) is 2.85. The number of rotatable bonds is 6. The Morgan fingerprint density at radius 3 is 2.56 bits per heavy atom. The van der Waals surface area contributed by atoms with E-state index in [1.807, 2.05) is 20.9 Å². The van der Waals surface area contributed by atoms with Crippen LogP contribution in [0.2, 0.25) is 5.02 Å². The van der Waals surface area contributed by atoms with E-state index in [0.717, 1.165) is 17.8 Å². The highest BCUT2D eigenvalue weighted by Crippen LogP contribution is 2.26. The van der Waals surface area contributed by atoms with E-state index < -0.39 is 0 Å². The molecule has 0 fully saturated rings. The van der Waals surface area contributed by atoms with Crippen LogP contribution in [0, 0.1) is 6.92 Å². The average Bonchev–Trinajstić information content (AvgIpc) is 2.60. The number of hydrogen-bond donors (Lipinski definition) is 2. The van der Waals surface area contributed by atoms with Gasteiger partial charge in [0, 0.05) is 20.6 Å². The largest absolute Gasteiger partial charge is 0.377 e. The van der Waals surface area contributed by atoms with Crippen molar-refractivity contribution in [3.63, 3.8) is 0 Å². The summed E-state index contributed by atoms with van der Waals surface area (Å²) in [6.45, 7) is 6.00. The van der Waals surface area contributed by atoms with Gasteiger partial charge in [-0.2, -0.15) is 5.10 Å². The molecule has 6 heteroatoms. The highest BCUT2D eigenvalue weighted by atomic mass is 35.5. The summed E-state index contributed by atoms with van der Waals surface area (Å²) in [4.78, 5) is 0. The molecule has 2 unspecified atom stereocenters. The van der Waals surface area contributed by atoms with Crippen LogP contribution < -0.4 is 11.3 Å². The van der Waals surface area contributed by atoms with Crippen molar-refractivity contribution in [2.45, 2.75) is 45.3 Å². The molecule has 0 aliphatic heterocycles. The summed E-state index contributed by atoms with van der Waals surface area (Å²) in [6.07, 6.45) is 1.53. The molecule has 0 spiro atoms. The third-order valence-electron chi connectivity index (χ3n) is 3.77. The lowest BCUT2D eigenvalue weighted by Gasteiger charge is -2.35. The number of nitrogens with one attached hydrogen (secondary N) is 1. The van der Waals surface area contributed by atoms with E-state index in [1.165, 1.54) is 0 Å². The standard InChI is InChI=1S/C12H23ClN4O/c1-6-12(3,18-5)10(15-14)7-9-11(13)8(2)16-17(9)4/h10,15H,6-7,14H2,1-5H3. The Bertz CT molecular complexity index is 401. The molecule has 0 aliphatic rings. The smallest absolute Gasteiger partial charge is 0.0847 e. The molecular weight excluding hydrogens is 252 g/mol. The number of nitrogens with zero attached hydrogens (tertiary/aromatic N) is 2. The average molecular weight is 275 g/mol. The second kappa shape index (κ2) is 6.02. The number of nitrogens with two attached hydrogens (primary N) is 1. The summed E-state index contributed by atoms with van der Waals surface area (Å²) in [7, 11) is 3.59. The number of aryl methyl sites for hydroxylation is 2. The van der Waals surface area contributed by atoms with Gasteiger partial charge in [0.25, 0.3) is 0 Å². The van der Waals surface area contributed by atoms with E-state index in [-0.39, 0.29) is 11.6 Å². The molecule has 1 rings (SSSR count). The molecule has 0 saturated heterocycles. The molecule has 0 aromatic carbocycles. The fraction of sp³-hybridized carbons (Fsp3) is 0.750. The molecule has 1 aromatic rings. The minimum atomic E-state index is -0.337. The summed E-state index contributed by atoms with van der Waals surface area (Å²) in [5.41, 5.74) is 4.30. The van der Waals surface area contributed by atoms with Crippen LogP contribution in [0.1, 0.15) is 31.7 Å². The van der Waals surface area contributed by atoms with Crippen molar-refractivity contribution in [1.29, 1.82) is 0 Å². The van der Waals surface area contributed by atoms with Crippen molar-refractivity contribution in [2.24, 2.45) is 12.9 Å². The van der Waals surface area contributed by atoms with Gasteiger partial charge in [-0.25, -0.2) is 0 Å². The van der Waals surface area contributed by atoms with Crippen molar-refractivity contribution in [3.8, 4) is 0 Å². The number of aromatic nitrogens is 2. The molecule has 0 saturated carbocycles. The van der Waals surface area contributed by atoms with Crippen LogP contribution in [0.25, 0.3) is 0 Å². The Kier molecular flexibility index (Phi) is 5.16. The predicted octanol–water partition coefficient (Wildman–Crippen LogP) is 1.57. The summed E-state index contributed by atoms with van der Waals surface area (Å²) >= 11 is 6.26. The minimum absolute atomic E-state index is 0.0280. The fourth-order valence-corrected chi connectivity index (χ4v) is 2.32. The normalized spacial score (nSPS) is 16.6. The van der Waals surface area contributed by atoms with Crippen LogP contribution in [0.4, 0.5) is 0 Å². The van der Waals surface area contributed by atoms with Gasteiger partial charge in [-0.3, -0.25) is 16.0 Å². The lowest BCUT2D eigenvalue weighted by Crippen LogP contribution is -2.53. The van der Waals surface area contributed by atoms with E-state index in [2.05, 4.69) is 17.4 Å². The number of hydrogen-bond acceptors (Lipinski definition) is 4. The Balaban J connectivity index is 2.99. The first-order valence-electron chi connectivity index (χ1n) is 6.08. The van der Waals surface area contributed by atoms with Gasteiger partial charge in [-0.05, 0) is 20.3 Å². The number of methoxy groups -OCH3 is 1. The topological polar surface area (TPSA) is 65.1 Å². The molecule has 5 nitrogen and oxygen atoms in total. The van der Waals surface area contributed by atoms with Crippen LogP contribution in [-0.2, 0) is 18.2 Å². The molecule has 18 heavy (non-hydrogen) atoms. The molecular formula is C12H23ClN4O. The van der Waals surface area contributed by atoms with Crippen LogP contribution in [0.3, 0.4) is 0 Å². The quantitative estimate of drug-likeness (QED) is 0.611. The van der Waals surface area contributed by atoms with Gasteiger partial charge in [0.1, 0.15) is 0 Å². The Labute approximate surface area is 114 Å². The van der Waals surface area contributed by atoms with Gasteiger partial charge >= 0.3 is 0 Å². The molecule has 1 heterocycles. The maximum absolute atomic E-state index is 6.26. The number of ether oxygens (including phenoxy) is 1. The molecule has 1 aromatic heterocycles. The summed E-state index contributed by atoms with van der Waals surface area (Å²) in [5, 5.41) is 5.01. The molecule has 0 bridgehead atoms. The van der Waals surface area contributed by atoms with E-state index in [9.17, 15) is 0 Å². The van der Waals surface area contributed by atoms with Crippen molar-refractivity contribution in [3.05, 3.63) is 16.4 Å². The van der Waals surface area contributed by atoms with Crippen LogP contribution in [-0.4, -0.2) is 28.5 Å². The van der Waals surface area contributed by atoms with Gasteiger partial charge in [-0.1, -0.05) is 18.5 Å². The van der Waals surface area contributed by atoms with E-state index in [1.54, 1.807) is 11.8 Å². The van der Waals surface area contributed by atoms with Crippen molar-refractivity contribution in [1.82, 2.24) is 15.2 Å². The summed E-state index contributed by atoms with van der Waals surface area (Å²) in [5.74, 6) is 5.66. The monoisotopic (exact) mass is 274 g/mol. The molecule has 0 aliphatic carbocycles. The zero-order valence-corrected chi connectivity index (χ0v) is 12.5. The molecule has 3 N–H and O–H groups in total. The lowest BCUT2D eigenvalue weighted by atomic mass is 9.90. The Hall–Kier alpha value is -0.620. The zero-order valence-electron chi connectivity index (χ0n) is 11.7. The van der Waals surface area contributed by atoms with Gasteiger partial charge in [0.2, 0.25) is 0 Å². The second-order valence-electron chi connectivity index (χ2n) is 4.76. The number of halogens is 1. The van der Waals surface area contributed by atoms with Gasteiger partial charge in [0.05, 0.1) is 28.1 Å². The van der Waals surface area contributed by atoms with Gasteiger partial charge < -0.3 is 4.74 Å². The molecule has 104 valence electrons. The van der Waals surface area contributed by atoms with E-state index >= 15 is 0 Å². The Morgan fingerprint density at radius 1 is 1.61 bits per heavy atom. The predicted molar refractivity (Wildman–Crippen MR) is 73.5 cm³/mol. The van der Waals surface area contributed by atoms with Crippen LogP contribution >= 0.6 is 11.6 Å². The van der Waals surface area contributed by atoms with Crippen LogP contribution in [0.5, 0.6) is 0 Å². The highest BCUT2D eigenvalue weighted by molar-refractivity contribution is 6.31. The zero-order chi connectivity index (χ0) is 13.9. The number of hydrazine groups is 1. The molecule has 0 radical (unpaired) electrons. The maximum atomic E-state index is 6.26. The highest BCUT2D eigenvalue weighted by Gasteiger charge is 2.33. The summed E-state index contributed by atoms with van der Waals surface area (Å²) in [6, 6.07) is -0.0280. The van der Waals surface area contributed by atoms with E-state index in [0.29, 0.717) is 11.4 Å². The minimum Gasteiger partial charge on any atom is -0.377 e. The van der Waals surface area contributed by atoms with E-state index in [4.69, 9.17) is 22.2 Å². The van der Waals surface area contributed by atoms with Crippen molar-refractivity contribution < 1.29 is 4.74 Å². The summed E-state index contributed by atoms with van der Waals surface area (Å²) < 4.78 is 7.38. The van der Waals surface area contributed by atoms with Gasteiger partial charge in [0.15, 0.2) is 0 Å². The SMILES string of the molecule is CCC(C)(OC)C(Cc1c(Cl)c(C)nn1C)NN. The first kappa shape index (κ1) is 15.4. The van der Waals surface area contributed by atoms with Gasteiger partial charge in [-0.15, -0.1) is 0 Å². The Morgan fingerprint density at radius 2 is 2.22 bits per heavy atom. The lowest BCUT2D eigenvalue weighted by molar-refractivity contribution is -0.0292. The molecule has 0 amide bonds. The van der Waals surface area contributed by atoms with Crippen molar-refractivity contribution >= 4 is 11.6 Å².